The summed E-state index contributed by atoms with van der Waals surface area (Å²) in [6, 6.07) is 0. The second-order valence-corrected chi connectivity index (χ2v) is 3.65. The van der Waals surface area contributed by atoms with Crippen LogP contribution in [0.15, 0.2) is 0 Å². The van der Waals surface area contributed by atoms with Crippen LogP contribution >= 0.6 is 0 Å². The van der Waals surface area contributed by atoms with E-state index < -0.39 is 12.5 Å². The Balaban J connectivity index is 3.06. The normalized spacial score (nSPS) is 12.4. The highest BCUT2D eigenvalue weighted by Crippen LogP contribution is 2.10. The molecule has 0 saturated carbocycles. The van der Waals surface area contributed by atoms with E-state index in [0.29, 0.717) is 19.8 Å². The van der Waals surface area contributed by atoms with Crippen molar-refractivity contribution in [3.8, 4) is 0 Å². The number of halogens is 2. The number of hydrogen-bond acceptors (Lipinski definition) is 3. The second-order valence-electron chi connectivity index (χ2n) is 3.65. The minimum atomic E-state index is -2.76. The largest absolute Gasteiger partial charge is 0.377 e. The summed E-state index contributed by atoms with van der Waals surface area (Å²) in [5.74, 6) is -2.76. The summed E-state index contributed by atoms with van der Waals surface area (Å²) < 4.78 is 39.5. The third kappa shape index (κ3) is 13.7. The van der Waals surface area contributed by atoms with Crippen molar-refractivity contribution in [1.82, 2.24) is 0 Å². The molecule has 0 aromatic heterocycles. The molecule has 3 nitrogen and oxygen atoms in total. The third-order valence-corrected chi connectivity index (χ3v) is 1.41. The second kappa shape index (κ2) is 7.96. The molecule has 0 aliphatic rings. The first-order valence-electron chi connectivity index (χ1n) is 5.07. The number of rotatable bonds is 9. The summed E-state index contributed by atoms with van der Waals surface area (Å²) in [7, 11) is 0. The fraction of sp³-hybridized carbons (Fsp3) is 1.00. The van der Waals surface area contributed by atoms with E-state index in [0.717, 1.165) is 6.92 Å². The molecule has 0 bridgehead atoms. The third-order valence-electron chi connectivity index (χ3n) is 1.41. The first-order chi connectivity index (χ1) is 6.92. The van der Waals surface area contributed by atoms with E-state index >= 15 is 0 Å². The zero-order valence-electron chi connectivity index (χ0n) is 9.59. The highest BCUT2D eigenvalue weighted by Gasteiger charge is 2.20. The van der Waals surface area contributed by atoms with Crippen LogP contribution in [0.4, 0.5) is 8.78 Å². The Bertz CT molecular complexity index is 146. The summed E-state index contributed by atoms with van der Waals surface area (Å²) in [4.78, 5) is 0. The average molecular weight is 226 g/mol. The smallest absolute Gasteiger partial charge is 0.268 e. The molecule has 0 unspecified atom stereocenters. The van der Waals surface area contributed by atoms with E-state index in [1.54, 1.807) is 0 Å². The maximum atomic E-state index is 12.3. The molecule has 0 atom stereocenters. The van der Waals surface area contributed by atoms with Gasteiger partial charge in [0.1, 0.15) is 6.61 Å². The molecule has 0 aromatic rings. The van der Waals surface area contributed by atoms with E-state index in [2.05, 4.69) is 0 Å². The summed E-state index contributed by atoms with van der Waals surface area (Å²) in [6.07, 6.45) is 0.184. The van der Waals surface area contributed by atoms with Crippen LogP contribution in [0.2, 0.25) is 0 Å². The van der Waals surface area contributed by atoms with E-state index in [4.69, 9.17) is 14.2 Å². The number of alkyl halides is 2. The van der Waals surface area contributed by atoms with Crippen LogP contribution in [0.3, 0.4) is 0 Å². The first-order valence-corrected chi connectivity index (χ1v) is 5.07. The molecule has 0 aliphatic heterocycles. The van der Waals surface area contributed by atoms with E-state index in [1.165, 1.54) is 0 Å². The molecule has 0 saturated heterocycles. The van der Waals surface area contributed by atoms with Crippen LogP contribution < -0.4 is 0 Å². The molecular weight excluding hydrogens is 206 g/mol. The Morgan fingerprint density at radius 3 is 2.07 bits per heavy atom. The molecule has 0 N–H and O–H groups in total. The predicted octanol–water partition coefficient (Wildman–Crippen LogP) is 2.10. The van der Waals surface area contributed by atoms with Gasteiger partial charge < -0.3 is 14.2 Å². The first kappa shape index (κ1) is 14.7. The summed E-state index contributed by atoms with van der Waals surface area (Å²) >= 11 is 0. The molecule has 5 heteroatoms. The van der Waals surface area contributed by atoms with Gasteiger partial charge >= 0.3 is 0 Å². The fourth-order valence-electron chi connectivity index (χ4n) is 0.814. The van der Waals surface area contributed by atoms with Crippen LogP contribution in [0.25, 0.3) is 0 Å². The lowest BCUT2D eigenvalue weighted by molar-refractivity contribution is -0.0754. The van der Waals surface area contributed by atoms with E-state index in [9.17, 15) is 8.78 Å². The monoisotopic (exact) mass is 226 g/mol. The number of ether oxygens (including phenoxy) is 3. The Morgan fingerprint density at radius 1 is 1.00 bits per heavy atom. The van der Waals surface area contributed by atoms with Crippen molar-refractivity contribution in [2.75, 3.05) is 33.0 Å². The van der Waals surface area contributed by atoms with Gasteiger partial charge in [-0.15, -0.1) is 0 Å². The zero-order valence-corrected chi connectivity index (χ0v) is 9.59. The Hall–Kier alpha value is -0.260. The molecule has 0 spiro atoms. The molecule has 15 heavy (non-hydrogen) atoms. The lowest BCUT2D eigenvalue weighted by Crippen LogP contribution is -2.20. The summed E-state index contributed by atoms with van der Waals surface area (Å²) in [5.41, 5.74) is 0. The molecule has 0 aromatic carbocycles. The fourth-order valence-corrected chi connectivity index (χ4v) is 0.814. The summed E-state index contributed by atoms with van der Waals surface area (Å²) in [6.45, 7) is 5.62. The molecule has 0 heterocycles. The van der Waals surface area contributed by atoms with Gasteiger partial charge in [-0.1, -0.05) is 0 Å². The SMILES string of the molecule is CC(C)OCCOCCOCC(C)(F)F. The average Bonchev–Trinajstić information content (AvgIpc) is 2.07. The standard InChI is InChI=1S/C10H20F2O3/c1-9(2)15-7-6-13-4-5-14-8-10(3,11)12/h9H,4-8H2,1-3H3. The van der Waals surface area contributed by atoms with Gasteiger partial charge in [0, 0.05) is 6.92 Å². The van der Waals surface area contributed by atoms with Crippen LogP contribution in [0.1, 0.15) is 20.8 Å². The van der Waals surface area contributed by atoms with Gasteiger partial charge in [-0.3, -0.25) is 0 Å². The zero-order chi connectivity index (χ0) is 11.7. The van der Waals surface area contributed by atoms with Crippen LogP contribution in [0, 0.1) is 0 Å². The minimum Gasteiger partial charge on any atom is -0.377 e. The maximum Gasteiger partial charge on any atom is 0.268 e. The molecular formula is C10H20F2O3. The predicted molar refractivity (Wildman–Crippen MR) is 53.3 cm³/mol. The minimum absolute atomic E-state index is 0.184. The number of hydrogen-bond donors (Lipinski definition) is 0. The molecule has 0 radical (unpaired) electrons. The molecule has 0 aliphatic carbocycles. The van der Waals surface area contributed by atoms with Crippen molar-refractivity contribution >= 4 is 0 Å². The van der Waals surface area contributed by atoms with Crippen molar-refractivity contribution in [2.24, 2.45) is 0 Å². The van der Waals surface area contributed by atoms with Crippen molar-refractivity contribution in [2.45, 2.75) is 32.8 Å². The highest BCUT2D eigenvalue weighted by atomic mass is 19.3. The van der Waals surface area contributed by atoms with Crippen LogP contribution in [-0.4, -0.2) is 45.1 Å². The van der Waals surface area contributed by atoms with E-state index in [1.807, 2.05) is 13.8 Å². The Morgan fingerprint density at radius 2 is 1.53 bits per heavy atom. The van der Waals surface area contributed by atoms with Gasteiger partial charge in [0.25, 0.3) is 5.92 Å². The van der Waals surface area contributed by atoms with Crippen molar-refractivity contribution in [3.05, 3.63) is 0 Å². The Kier molecular flexibility index (Phi) is 7.82. The highest BCUT2D eigenvalue weighted by molar-refractivity contribution is 4.54. The maximum absolute atomic E-state index is 12.3. The molecule has 0 amide bonds. The quantitative estimate of drug-likeness (QED) is 0.563. The van der Waals surface area contributed by atoms with Gasteiger partial charge in [-0.05, 0) is 13.8 Å². The lowest BCUT2D eigenvalue weighted by Gasteiger charge is -2.11. The lowest BCUT2D eigenvalue weighted by atomic mass is 10.4. The van der Waals surface area contributed by atoms with Crippen molar-refractivity contribution in [3.63, 3.8) is 0 Å². The van der Waals surface area contributed by atoms with Crippen LogP contribution in [-0.2, 0) is 14.2 Å². The van der Waals surface area contributed by atoms with E-state index in [-0.39, 0.29) is 12.7 Å². The van der Waals surface area contributed by atoms with Gasteiger partial charge in [-0.25, -0.2) is 8.78 Å². The topological polar surface area (TPSA) is 27.7 Å². The van der Waals surface area contributed by atoms with Gasteiger partial charge in [-0.2, -0.15) is 0 Å². The van der Waals surface area contributed by atoms with Gasteiger partial charge in [0.15, 0.2) is 0 Å². The van der Waals surface area contributed by atoms with Gasteiger partial charge in [0.2, 0.25) is 0 Å². The van der Waals surface area contributed by atoms with Gasteiger partial charge in [0.05, 0.1) is 32.5 Å². The molecule has 92 valence electrons. The molecule has 0 fully saturated rings. The van der Waals surface area contributed by atoms with Crippen molar-refractivity contribution in [1.29, 1.82) is 0 Å². The van der Waals surface area contributed by atoms with Crippen LogP contribution in [0.5, 0.6) is 0 Å². The molecule has 0 rings (SSSR count). The van der Waals surface area contributed by atoms with Crippen molar-refractivity contribution < 1.29 is 23.0 Å². The summed E-state index contributed by atoms with van der Waals surface area (Å²) in [5, 5.41) is 0. The Labute approximate surface area is 89.7 Å².